The van der Waals surface area contributed by atoms with Gasteiger partial charge >= 0.3 is 0 Å². The molecule has 0 amide bonds. The van der Waals surface area contributed by atoms with E-state index < -0.39 is 0 Å². The Balaban J connectivity index is 2.19. The summed E-state index contributed by atoms with van der Waals surface area (Å²) >= 11 is 5.17. The summed E-state index contributed by atoms with van der Waals surface area (Å²) < 4.78 is 6.46. The zero-order chi connectivity index (χ0) is 14.3. The van der Waals surface area contributed by atoms with Gasteiger partial charge in [0, 0.05) is 9.35 Å². The van der Waals surface area contributed by atoms with Crippen molar-refractivity contribution in [1.29, 1.82) is 0 Å². The normalized spacial score (nSPS) is 10.9. The van der Waals surface area contributed by atoms with Crippen LogP contribution in [0.4, 0.5) is 5.82 Å². The van der Waals surface area contributed by atoms with Gasteiger partial charge in [0.1, 0.15) is 0 Å². The summed E-state index contributed by atoms with van der Waals surface area (Å²) in [5, 5.41) is 3.93. The van der Waals surface area contributed by atoms with E-state index in [0.29, 0.717) is 5.82 Å². The van der Waals surface area contributed by atoms with Gasteiger partial charge in [-0.05, 0) is 43.2 Å². The van der Waals surface area contributed by atoms with Crippen LogP contribution in [-0.2, 0) is 0 Å². The second-order valence-corrected chi connectivity index (χ2v) is 6.80. The standard InChI is InChI=1S/C15H13BrN2OS/c1-8-6-12(20-9(8)2)14-13(15(17)18-19-14)10-4-3-5-11(16)7-10/h3-7H,1-2H3,(H2,17,18). The maximum Gasteiger partial charge on any atom is 0.186 e. The third-order valence-electron chi connectivity index (χ3n) is 3.22. The molecule has 0 bridgehead atoms. The summed E-state index contributed by atoms with van der Waals surface area (Å²) in [4.78, 5) is 2.33. The molecule has 5 heteroatoms. The van der Waals surface area contributed by atoms with E-state index in [1.165, 1.54) is 10.4 Å². The molecule has 0 atom stereocenters. The number of aryl methyl sites for hydroxylation is 2. The summed E-state index contributed by atoms with van der Waals surface area (Å²) in [5.74, 6) is 1.16. The van der Waals surface area contributed by atoms with Crippen LogP contribution in [0.3, 0.4) is 0 Å². The van der Waals surface area contributed by atoms with Gasteiger partial charge in [-0.3, -0.25) is 0 Å². The lowest BCUT2D eigenvalue weighted by molar-refractivity contribution is 0.437. The molecule has 3 nitrogen and oxygen atoms in total. The maximum atomic E-state index is 5.99. The van der Waals surface area contributed by atoms with E-state index in [1.807, 2.05) is 24.3 Å². The molecule has 0 saturated carbocycles. The topological polar surface area (TPSA) is 52.0 Å². The number of thiophene rings is 1. The number of hydrogen-bond donors (Lipinski definition) is 1. The van der Waals surface area contributed by atoms with Gasteiger partial charge in [-0.15, -0.1) is 11.3 Å². The van der Waals surface area contributed by atoms with Gasteiger partial charge in [0.15, 0.2) is 11.6 Å². The molecule has 0 radical (unpaired) electrons. The van der Waals surface area contributed by atoms with Crippen LogP contribution in [0.1, 0.15) is 10.4 Å². The Bertz CT molecular complexity index is 757. The number of nitrogens with two attached hydrogens (primary N) is 1. The zero-order valence-electron chi connectivity index (χ0n) is 11.1. The maximum absolute atomic E-state index is 5.99. The smallest absolute Gasteiger partial charge is 0.186 e. The lowest BCUT2D eigenvalue weighted by Crippen LogP contribution is -1.88. The van der Waals surface area contributed by atoms with Crippen LogP contribution in [0.5, 0.6) is 0 Å². The fraction of sp³-hybridized carbons (Fsp3) is 0.133. The Morgan fingerprint density at radius 2 is 2.05 bits per heavy atom. The first kappa shape index (κ1) is 13.4. The third kappa shape index (κ3) is 2.27. The molecule has 0 aliphatic rings. The molecule has 0 saturated heterocycles. The largest absolute Gasteiger partial charge is 0.380 e. The molecular formula is C15H13BrN2OS. The Kier molecular flexibility index (Phi) is 3.40. The zero-order valence-corrected chi connectivity index (χ0v) is 13.5. The highest BCUT2D eigenvalue weighted by molar-refractivity contribution is 9.10. The lowest BCUT2D eigenvalue weighted by Gasteiger charge is -2.01. The molecular weight excluding hydrogens is 336 g/mol. The third-order valence-corrected chi connectivity index (χ3v) is 4.87. The highest BCUT2D eigenvalue weighted by atomic mass is 79.9. The van der Waals surface area contributed by atoms with Crippen molar-refractivity contribution in [2.75, 3.05) is 5.73 Å². The minimum Gasteiger partial charge on any atom is -0.380 e. The number of hydrogen-bond acceptors (Lipinski definition) is 4. The molecule has 3 rings (SSSR count). The predicted molar refractivity (Wildman–Crippen MR) is 86.8 cm³/mol. The molecule has 0 fully saturated rings. The summed E-state index contributed by atoms with van der Waals surface area (Å²) in [6.07, 6.45) is 0. The first-order valence-electron chi connectivity index (χ1n) is 6.14. The molecule has 0 unspecified atom stereocenters. The summed E-state index contributed by atoms with van der Waals surface area (Å²) in [5.41, 5.74) is 9.09. The fourth-order valence-electron chi connectivity index (χ4n) is 2.08. The van der Waals surface area contributed by atoms with E-state index in [-0.39, 0.29) is 0 Å². The van der Waals surface area contributed by atoms with E-state index in [9.17, 15) is 0 Å². The number of nitrogens with zero attached hydrogens (tertiary/aromatic N) is 1. The van der Waals surface area contributed by atoms with Crippen LogP contribution in [0, 0.1) is 13.8 Å². The molecule has 2 aromatic heterocycles. The number of rotatable bonds is 2. The molecule has 0 aliphatic carbocycles. The number of anilines is 1. The molecule has 102 valence electrons. The first-order chi connectivity index (χ1) is 9.56. The molecule has 3 aromatic rings. The Hall–Kier alpha value is -1.59. The van der Waals surface area contributed by atoms with Gasteiger partial charge in [-0.2, -0.15) is 0 Å². The lowest BCUT2D eigenvalue weighted by atomic mass is 10.1. The van der Waals surface area contributed by atoms with Crippen molar-refractivity contribution in [1.82, 2.24) is 5.16 Å². The van der Waals surface area contributed by atoms with Gasteiger partial charge in [-0.1, -0.05) is 33.2 Å². The average Bonchev–Trinajstić information content (AvgIpc) is 2.93. The van der Waals surface area contributed by atoms with Crippen LogP contribution in [-0.4, -0.2) is 5.16 Å². The second kappa shape index (κ2) is 5.07. The molecule has 1 aromatic carbocycles. The van der Waals surface area contributed by atoms with Gasteiger partial charge in [-0.25, -0.2) is 0 Å². The van der Waals surface area contributed by atoms with E-state index in [1.54, 1.807) is 11.3 Å². The monoisotopic (exact) mass is 348 g/mol. The summed E-state index contributed by atoms with van der Waals surface area (Å²) in [7, 11) is 0. The fourth-order valence-corrected chi connectivity index (χ4v) is 3.50. The number of benzene rings is 1. The quantitative estimate of drug-likeness (QED) is 0.706. The van der Waals surface area contributed by atoms with Crippen molar-refractivity contribution in [3.63, 3.8) is 0 Å². The van der Waals surface area contributed by atoms with E-state index in [0.717, 1.165) is 26.2 Å². The second-order valence-electron chi connectivity index (χ2n) is 4.63. The highest BCUT2D eigenvalue weighted by Crippen LogP contribution is 2.40. The van der Waals surface area contributed by atoms with Gasteiger partial charge in [0.05, 0.1) is 10.4 Å². The molecule has 2 heterocycles. The number of aromatic nitrogens is 1. The minimum absolute atomic E-state index is 0.418. The SMILES string of the molecule is Cc1cc(-c2onc(N)c2-c2cccc(Br)c2)sc1C. The van der Waals surface area contributed by atoms with Gasteiger partial charge < -0.3 is 10.3 Å². The first-order valence-corrected chi connectivity index (χ1v) is 7.75. The predicted octanol–water partition coefficient (Wildman–Crippen LogP) is 5.03. The van der Waals surface area contributed by atoms with E-state index in [2.05, 4.69) is 41.0 Å². The van der Waals surface area contributed by atoms with E-state index >= 15 is 0 Å². The Labute approximate surface area is 129 Å². The average molecular weight is 349 g/mol. The van der Waals surface area contributed by atoms with Crippen molar-refractivity contribution in [3.05, 3.63) is 45.2 Å². The number of halogens is 1. The molecule has 0 spiro atoms. The number of nitrogen functional groups attached to an aromatic ring is 1. The summed E-state index contributed by atoms with van der Waals surface area (Å²) in [6.45, 7) is 4.19. The Morgan fingerprint density at radius 1 is 1.25 bits per heavy atom. The van der Waals surface area contributed by atoms with Crippen LogP contribution < -0.4 is 5.73 Å². The van der Waals surface area contributed by atoms with Gasteiger partial charge in [0.25, 0.3) is 0 Å². The minimum atomic E-state index is 0.418. The van der Waals surface area contributed by atoms with Crippen molar-refractivity contribution in [2.24, 2.45) is 0 Å². The Morgan fingerprint density at radius 3 is 2.70 bits per heavy atom. The molecule has 2 N–H and O–H groups in total. The van der Waals surface area contributed by atoms with Crippen LogP contribution in [0.2, 0.25) is 0 Å². The summed E-state index contributed by atoms with van der Waals surface area (Å²) in [6, 6.07) is 10.1. The highest BCUT2D eigenvalue weighted by Gasteiger charge is 2.19. The van der Waals surface area contributed by atoms with Crippen molar-refractivity contribution >= 4 is 33.1 Å². The van der Waals surface area contributed by atoms with Crippen molar-refractivity contribution < 1.29 is 4.52 Å². The molecule has 20 heavy (non-hydrogen) atoms. The molecule has 0 aliphatic heterocycles. The van der Waals surface area contributed by atoms with Crippen LogP contribution >= 0.6 is 27.3 Å². The van der Waals surface area contributed by atoms with E-state index in [4.69, 9.17) is 10.3 Å². The van der Waals surface area contributed by atoms with Gasteiger partial charge in [0.2, 0.25) is 0 Å². The van der Waals surface area contributed by atoms with Crippen LogP contribution in [0.15, 0.2) is 39.3 Å². The van der Waals surface area contributed by atoms with Crippen molar-refractivity contribution in [3.8, 4) is 21.8 Å². The van der Waals surface area contributed by atoms with Crippen LogP contribution in [0.25, 0.3) is 21.8 Å². The van der Waals surface area contributed by atoms with Crippen molar-refractivity contribution in [2.45, 2.75) is 13.8 Å².